The number of carbonyl (C=O) groups is 1. The third-order valence-electron chi connectivity index (χ3n) is 2.67. The van der Waals surface area contributed by atoms with E-state index >= 15 is 0 Å². The third-order valence-corrected chi connectivity index (χ3v) is 3.65. The lowest BCUT2D eigenvalue weighted by atomic mass is 10.1. The second-order valence-electron chi connectivity index (χ2n) is 4.29. The van der Waals surface area contributed by atoms with Gasteiger partial charge in [0.15, 0.2) is 0 Å². The molecule has 0 spiro atoms. The minimum atomic E-state index is -0.288. The molecule has 2 aromatic rings. The third kappa shape index (κ3) is 5.09. The molecule has 1 amide bonds. The molecule has 20 heavy (non-hydrogen) atoms. The fraction of sp³-hybridized carbons (Fsp3) is 0.267. The van der Waals surface area contributed by atoms with Crippen LogP contribution in [-0.2, 0) is 17.0 Å². The van der Waals surface area contributed by atoms with Gasteiger partial charge in [-0.25, -0.2) is 4.39 Å². The van der Waals surface area contributed by atoms with Crippen LogP contribution in [-0.4, -0.2) is 18.2 Å². The summed E-state index contributed by atoms with van der Waals surface area (Å²) >= 11 is 1.70. The number of benzene rings is 1. The van der Waals surface area contributed by atoms with Gasteiger partial charge in [0.25, 0.3) is 0 Å². The van der Waals surface area contributed by atoms with Gasteiger partial charge in [-0.05, 0) is 29.8 Å². The van der Waals surface area contributed by atoms with Crippen molar-refractivity contribution >= 4 is 17.7 Å². The van der Waals surface area contributed by atoms with Crippen molar-refractivity contribution in [2.45, 2.75) is 12.2 Å². The molecular weight excluding hydrogens is 277 g/mol. The fourth-order valence-electron chi connectivity index (χ4n) is 1.68. The van der Waals surface area contributed by atoms with Gasteiger partial charge in [-0.1, -0.05) is 12.1 Å². The molecule has 3 nitrogen and oxygen atoms in total. The Morgan fingerprint density at radius 1 is 1.25 bits per heavy atom. The lowest BCUT2D eigenvalue weighted by molar-refractivity contribution is -0.120. The lowest BCUT2D eigenvalue weighted by Crippen LogP contribution is -2.27. The van der Waals surface area contributed by atoms with Crippen LogP contribution in [0.15, 0.2) is 47.1 Å². The molecule has 1 aromatic carbocycles. The van der Waals surface area contributed by atoms with Crippen LogP contribution in [0.2, 0.25) is 0 Å². The molecule has 0 bridgehead atoms. The van der Waals surface area contributed by atoms with Gasteiger partial charge in [0.05, 0.1) is 18.4 Å². The molecule has 0 aliphatic heterocycles. The Kier molecular flexibility index (Phi) is 5.68. The maximum absolute atomic E-state index is 12.7. The van der Waals surface area contributed by atoms with E-state index in [9.17, 15) is 9.18 Å². The van der Waals surface area contributed by atoms with Crippen molar-refractivity contribution in [3.8, 4) is 0 Å². The quantitative estimate of drug-likeness (QED) is 0.798. The van der Waals surface area contributed by atoms with E-state index in [2.05, 4.69) is 5.32 Å². The van der Waals surface area contributed by atoms with Crippen LogP contribution in [0.1, 0.15) is 11.3 Å². The first-order valence-electron chi connectivity index (χ1n) is 6.35. The minimum Gasteiger partial charge on any atom is -0.468 e. The molecule has 0 atom stereocenters. The summed E-state index contributed by atoms with van der Waals surface area (Å²) < 4.78 is 17.9. The Morgan fingerprint density at radius 3 is 2.75 bits per heavy atom. The van der Waals surface area contributed by atoms with Crippen molar-refractivity contribution in [1.82, 2.24) is 5.32 Å². The number of hydrogen-bond acceptors (Lipinski definition) is 3. The van der Waals surface area contributed by atoms with Crippen LogP contribution in [0.3, 0.4) is 0 Å². The second kappa shape index (κ2) is 7.75. The molecule has 0 saturated heterocycles. The Bertz CT molecular complexity index is 525. The molecule has 0 aliphatic carbocycles. The maximum atomic E-state index is 12.7. The second-order valence-corrected chi connectivity index (χ2v) is 5.39. The SMILES string of the molecule is O=C(Cc1ccc(F)cc1)NCCSCc1ccco1. The standard InChI is InChI=1S/C15H16FNO2S/c16-13-5-3-12(4-6-13)10-15(18)17-7-9-20-11-14-2-1-8-19-14/h1-6,8H,7,9-11H2,(H,17,18). The van der Waals surface area contributed by atoms with Crippen LogP contribution in [0, 0.1) is 5.82 Å². The van der Waals surface area contributed by atoms with Crippen LogP contribution >= 0.6 is 11.8 Å². The Hall–Kier alpha value is -1.75. The molecular formula is C15H16FNO2S. The average molecular weight is 293 g/mol. The largest absolute Gasteiger partial charge is 0.468 e. The number of furan rings is 1. The van der Waals surface area contributed by atoms with Crippen molar-refractivity contribution in [3.63, 3.8) is 0 Å². The van der Waals surface area contributed by atoms with E-state index in [4.69, 9.17) is 4.42 Å². The zero-order valence-electron chi connectivity index (χ0n) is 11.0. The number of hydrogen-bond donors (Lipinski definition) is 1. The molecule has 5 heteroatoms. The molecule has 0 fully saturated rings. The summed E-state index contributed by atoms with van der Waals surface area (Å²) in [4.78, 5) is 11.7. The molecule has 106 valence electrons. The van der Waals surface area contributed by atoms with E-state index in [1.165, 1.54) is 12.1 Å². The van der Waals surface area contributed by atoms with Crippen LogP contribution in [0.25, 0.3) is 0 Å². The fourth-order valence-corrected chi connectivity index (χ4v) is 2.44. The zero-order valence-corrected chi connectivity index (χ0v) is 11.8. The molecule has 1 N–H and O–H groups in total. The van der Waals surface area contributed by atoms with Gasteiger partial charge in [-0.15, -0.1) is 0 Å². The molecule has 0 saturated carbocycles. The topological polar surface area (TPSA) is 42.2 Å². The summed E-state index contributed by atoms with van der Waals surface area (Å²) in [6, 6.07) is 9.77. The number of nitrogens with one attached hydrogen (secondary N) is 1. The molecule has 0 aliphatic rings. The van der Waals surface area contributed by atoms with Gasteiger partial charge in [0.1, 0.15) is 11.6 Å². The monoisotopic (exact) mass is 293 g/mol. The van der Waals surface area contributed by atoms with Gasteiger partial charge < -0.3 is 9.73 Å². The predicted molar refractivity (Wildman–Crippen MR) is 78.0 cm³/mol. The van der Waals surface area contributed by atoms with Crippen molar-refractivity contribution in [1.29, 1.82) is 0 Å². The summed E-state index contributed by atoms with van der Waals surface area (Å²) in [6.07, 6.45) is 1.93. The van der Waals surface area contributed by atoms with E-state index in [0.717, 1.165) is 22.8 Å². The smallest absolute Gasteiger partial charge is 0.224 e. The highest BCUT2D eigenvalue weighted by atomic mass is 32.2. The first kappa shape index (κ1) is 14.7. The summed E-state index contributed by atoms with van der Waals surface area (Å²) in [5.74, 6) is 2.24. The van der Waals surface area contributed by atoms with E-state index in [-0.39, 0.29) is 18.1 Å². The Labute approximate surface area is 121 Å². The van der Waals surface area contributed by atoms with Crippen molar-refractivity contribution < 1.29 is 13.6 Å². The van der Waals surface area contributed by atoms with E-state index in [1.54, 1.807) is 30.2 Å². The van der Waals surface area contributed by atoms with Gasteiger partial charge in [-0.2, -0.15) is 11.8 Å². The summed E-state index contributed by atoms with van der Waals surface area (Å²) in [5, 5.41) is 2.84. The molecule has 2 rings (SSSR count). The summed E-state index contributed by atoms with van der Waals surface area (Å²) in [7, 11) is 0. The lowest BCUT2D eigenvalue weighted by Gasteiger charge is -2.05. The molecule has 1 heterocycles. The van der Waals surface area contributed by atoms with Crippen molar-refractivity contribution in [2.75, 3.05) is 12.3 Å². The van der Waals surface area contributed by atoms with Crippen LogP contribution in [0.4, 0.5) is 4.39 Å². The molecule has 0 unspecified atom stereocenters. The normalized spacial score (nSPS) is 10.4. The van der Waals surface area contributed by atoms with Gasteiger partial charge in [0, 0.05) is 12.3 Å². The van der Waals surface area contributed by atoms with E-state index in [1.807, 2.05) is 12.1 Å². The van der Waals surface area contributed by atoms with E-state index < -0.39 is 0 Å². The van der Waals surface area contributed by atoms with Gasteiger partial charge in [-0.3, -0.25) is 4.79 Å². The first-order valence-corrected chi connectivity index (χ1v) is 7.51. The number of carbonyl (C=O) groups excluding carboxylic acids is 1. The highest BCUT2D eigenvalue weighted by Gasteiger charge is 2.03. The van der Waals surface area contributed by atoms with Crippen molar-refractivity contribution in [2.24, 2.45) is 0 Å². The first-order chi connectivity index (χ1) is 9.74. The highest BCUT2D eigenvalue weighted by molar-refractivity contribution is 7.98. The Balaban J connectivity index is 1.59. The predicted octanol–water partition coefficient (Wildman–Crippen LogP) is 3.01. The van der Waals surface area contributed by atoms with Gasteiger partial charge in [0.2, 0.25) is 5.91 Å². The number of halogens is 1. The highest BCUT2D eigenvalue weighted by Crippen LogP contribution is 2.11. The average Bonchev–Trinajstić information content (AvgIpc) is 2.94. The molecule has 1 aromatic heterocycles. The Morgan fingerprint density at radius 2 is 2.05 bits per heavy atom. The minimum absolute atomic E-state index is 0.0461. The van der Waals surface area contributed by atoms with Crippen molar-refractivity contribution in [3.05, 3.63) is 59.8 Å². The van der Waals surface area contributed by atoms with Crippen LogP contribution < -0.4 is 5.32 Å². The van der Waals surface area contributed by atoms with Gasteiger partial charge >= 0.3 is 0 Å². The summed E-state index contributed by atoms with van der Waals surface area (Å²) in [5.41, 5.74) is 0.812. The molecule has 0 radical (unpaired) electrons. The summed E-state index contributed by atoms with van der Waals surface area (Å²) in [6.45, 7) is 0.616. The number of thioether (sulfide) groups is 1. The maximum Gasteiger partial charge on any atom is 0.224 e. The number of amides is 1. The number of rotatable bonds is 7. The zero-order chi connectivity index (χ0) is 14.2. The van der Waals surface area contributed by atoms with E-state index in [0.29, 0.717) is 6.54 Å². The van der Waals surface area contributed by atoms with Crippen LogP contribution in [0.5, 0.6) is 0 Å².